The SMILES string of the molecule is C[C@H]1Cc2cc(/C(O)=C3\C(=O)C(=O)N(c4nnc(SCc5ccccc5)s4)[C@@H]3c3cccc(OCc4ccccc4)c3)ccc2O1. The minimum absolute atomic E-state index is 0.0166. The van der Waals surface area contributed by atoms with Gasteiger partial charge >= 0.3 is 5.91 Å². The van der Waals surface area contributed by atoms with Crippen molar-refractivity contribution >= 4 is 45.7 Å². The van der Waals surface area contributed by atoms with E-state index in [9.17, 15) is 14.7 Å². The van der Waals surface area contributed by atoms with Gasteiger partial charge in [-0.25, -0.2) is 0 Å². The summed E-state index contributed by atoms with van der Waals surface area (Å²) in [5.41, 5.74) is 4.08. The molecule has 4 aromatic carbocycles. The highest BCUT2D eigenvalue weighted by molar-refractivity contribution is 8.00. The summed E-state index contributed by atoms with van der Waals surface area (Å²) < 4.78 is 12.6. The van der Waals surface area contributed by atoms with E-state index >= 15 is 0 Å². The molecule has 1 aromatic heterocycles. The van der Waals surface area contributed by atoms with Gasteiger partial charge in [0.25, 0.3) is 5.78 Å². The molecule has 1 amide bonds. The predicted octanol–water partition coefficient (Wildman–Crippen LogP) is 7.36. The first-order valence-electron chi connectivity index (χ1n) is 14.8. The molecule has 0 aliphatic carbocycles. The van der Waals surface area contributed by atoms with Gasteiger partial charge in [-0.15, -0.1) is 10.2 Å². The van der Waals surface area contributed by atoms with Crippen LogP contribution in [0.25, 0.3) is 5.76 Å². The molecule has 0 spiro atoms. The Morgan fingerprint density at radius 1 is 0.957 bits per heavy atom. The number of benzene rings is 4. The molecule has 7 rings (SSSR count). The lowest BCUT2D eigenvalue weighted by molar-refractivity contribution is -0.132. The van der Waals surface area contributed by atoms with E-state index in [4.69, 9.17) is 9.47 Å². The highest BCUT2D eigenvalue weighted by Gasteiger charge is 2.48. The molecule has 10 heteroatoms. The molecule has 0 unspecified atom stereocenters. The number of thioether (sulfide) groups is 1. The molecule has 3 heterocycles. The lowest BCUT2D eigenvalue weighted by Gasteiger charge is -2.23. The number of aliphatic hydroxyl groups is 1. The third-order valence-electron chi connectivity index (χ3n) is 7.84. The molecule has 5 aromatic rings. The molecule has 46 heavy (non-hydrogen) atoms. The molecule has 0 saturated carbocycles. The van der Waals surface area contributed by atoms with Crippen molar-refractivity contribution in [1.82, 2.24) is 10.2 Å². The van der Waals surface area contributed by atoms with Gasteiger partial charge in [-0.1, -0.05) is 95.9 Å². The van der Waals surface area contributed by atoms with Gasteiger partial charge in [0.2, 0.25) is 5.13 Å². The molecular formula is C36H29N3O5S2. The van der Waals surface area contributed by atoms with Gasteiger partial charge < -0.3 is 14.6 Å². The van der Waals surface area contributed by atoms with E-state index in [2.05, 4.69) is 10.2 Å². The fourth-order valence-corrected chi connectivity index (χ4v) is 7.49. The molecule has 2 atom stereocenters. The molecule has 2 aliphatic heterocycles. The normalized spacial score (nSPS) is 18.4. The van der Waals surface area contributed by atoms with Crippen LogP contribution in [-0.2, 0) is 28.4 Å². The first-order chi connectivity index (χ1) is 22.4. The Morgan fingerprint density at radius 2 is 1.72 bits per heavy atom. The quantitative estimate of drug-likeness (QED) is 0.0582. The van der Waals surface area contributed by atoms with Crippen LogP contribution in [0, 0.1) is 0 Å². The average Bonchev–Trinajstić information content (AvgIpc) is 3.78. The van der Waals surface area contributed by atoms with Gasteiger partial charge in [-0.3, -0.25) is 14.5 Å². The zero-order valence-electron chi connectivity index (χ0n) is 24.8. The Hall–Kier alpha value is -4.93. The van der Waals surface area contributed by atoms with Crippen molar-refractivity contribution in [2.24, 2.45) is 0 Å². The van der Waals surface area contributed by atoms with Crippen LogP contribution < -0.4 is 14.4 Å². The van der Waals surface area contributed by atoms with Crippen LogP contribution in [0.1, 0.15) is 40.8 Å². The number of ether oxygens (including phenoxy) is 2. The van der Waals surface area contributed by atoms with Crippen molar-refractivity contribution < 1.29 is 24.2 Å². The summed E-state index contributed by atoms with van der Waals surface area (Å²) in [6.45, 7) is 2.32. The second-order valence-electron chi connectivity index (χ2n) is 11.1. The average molecular weight is 648 g/mol. The predicted molar refractivity (Wildman–Crippen MR) is 178 cm³/mol. The second kappa shape index (κ2) is 12.8. The maximum absolute atomic E-state index is 13.8. The number of aliphatic hydroxyl groups excluding tert-OH is 1. The minimum Gasteiger partial charge on any atom is -0.507 e. The van der Waals surface area contributed by atoms with Crippen LogP contribution in [0.15, 0.2) is 113 Å². The Labute approximate surface area is 274 Å². The first kappa shape index (κ1) is 29.8. The molecule has 1 saturated heterocycles. The van der Waals surface area contributed by atoms with E-state index in [0.717, 1.165) is 22.4 Å². The highest BCUT2D eigenvalue weighted by atomic mass is 32.2. The maximum atomic E-state index is 13.8. The van der Waals surface area contributed by atoms with Crippen molar-refractivity contribution in [2.45, 2.75) is 42.2 Å². The third-order valence-corrected chi connectivity index (χ3v) is 9.97. The van der Waals surface area contributed by atoms with Gasteiger partial charge in [0.15, 0.2) is 4.34 Å². The van der Waals surface area contributed by atoms with Gasteiger partial charge in [0, 0.05) is 17.7 Å². The maximum Gasteiger partial charge on any atom is 0.301 e. The van der Waals surface area contributed by atoms with Crippen LogP contribution in [0.4, 0.5) is 5.13 Å². The van der Waals surface area contributed by atoms with E-state index in [1.54, 1.807) is 18.2 Å². The Balaban J connectivity index is 1.26. The van der Waals surface area contributed by atoms with Crippen molar-refractivity contribution in [2.75, 3.05) is 4.90 Å². The number of hydrogen-bond donors (Lipinski definition) is 1. The van der Waals surface area contributed by atoms with Gasteiger partial charge in [-0.05, 0) is 59.5 Å². The topological polar surface area (TPSA) is 102 Å². The summed E-state index contributed by atoms with van der Waals surface area (Å²) in [5, 5.41) is 20.6. The number of Topliss-reactive ketones (excluding diaryl/α,β-unsaturated/α-hetero) is 1. The van der Waals surface area contributed by atoms with Crippen LogP contribution in [-0.4, -0.2) is 33.1 Å². The molecule has 0 radical (unpaired) electrons. The standard InChI is InChI=1S/C36H29N3O5S2/c1-22-17-27-18-26(15-16-29(27)44-22)32(40)30-31(25-13-8-14-28(19-25)43-20-23-9-4-2-5-10-23)39(34(42)33(30)41)35-37-38-36(46-35)45-21-24-11-6-3-7-12-24/h2-16,18-19,22,31,40H,17,20-21H2,1H3/b32-30+/t22-,31+/m0/s1. The van der Waals surface area contributed by atoms with Crippen LogP contribution in [0.3, 0.4) is 0 Å². The zero-order valence-corrected chi connectivity index (χ0v) is 26.5. The van der Waals surface area contributed by atoms with Crippen molar-refractivity contribution in [1.29, 1.82) is 0 Å². The second-order valence-corrected chi connectivity index (χ2v) is 13.3. The fraction of sp³-hybridized carbons (Fsp3) is 0.167. The summed E-state index contributed by atoms with van der Waals surface area (Å²) in [4.78, 5) is 28.9. The first-order valence-corrected chi connectivity index (χ1v) is 16.6. The van der Waals surface area contributed by atoms with E-state index in [0.29, 0.717) is 40.0 Å². The smallest absolute Gasteiger partial charge is 0.301 e. The number of rotatable bonds is 9. The van der Waals surface area contributed by atoms with Crippen LogP contribution >= 0.6 is 23.1 Å². The molecule has 230 valence electrons. The van der Waals surface area contributed by atoms with Crippen molar-refractivity contribution in [3.63, 3.8) is 0 Å². The summed E-state index contributed by atoms with van der Waals surface area (Å²) in [6.07, 6.45) is 0.700. The zero-order chi connectivity index (χ0) is 31.6. The number of carbonyl (C=O) groups excluding carboxylic acids is 2. The number of hydrogen-bond acceptors (Lipinski definition) is 9. The summed E-state index contributed by atoms with van der Waals surface area (Å²) in [7, 11) is 0. The van der Waals surface area contributed by atoms with Crippen molar-refractivity contribution in [3.05, 3.63) is 137 Å². The number of ketones is 1. The minimum atomic E-state index is -0.955. The van der Waals surface area contributed by atoms with E-state index in [-0.39, 0.29) is 22.6 Å². The number of fused-ring (bicyclic) bond motifs is 1. The molecular weight excluding hydrogens is 619 g/mol. The number of carbonyl (C=O) groups is 2. The summed E-state index contributed by atoms with van der Waals surface area (Å²) in [6, 6.07) is 31.4. The van der Waals surface area contributed by atoms with Crippen LogP contribution in [0.5, 0.6) is 11.5 Å². The van der Waals surface area contributed by atoms with Gasteiger partial charge in [-0.2, -0.15) is 0 Å². The molecule has 1 fully saturated rings. The molecule has 8 nitrogen and oxygen atoms in total. The number of amides is 1. The summed E-state index contributed by atoms with van der Waals surface area (Å²) >= 11 is 2.74. The third kappa shape index (κ3) is 6.01. The Kier molecular flexibility index (Phi) is 8.30. The van der Waals surface area contributed by atoms with E-state index in [1.807, 2.05) is 91.9 Å². The van der Waals surface area contributed by atoms with E-state index in [1.165, 1.54) is 28.0 Å². The Morgan fingerprint density at radius 3 is 2.50 bits per heavy atom. The number of nitrogens with zero attached hydrogens (tertiary/aromatic N) is 3. The molecule has 0 bridgehead atoms. The lowest BCUT2D eigenvalue weighted by Crippen LogP contribution is -2.29. The van der Waals surface area contributed by atoms with E-state index < -0.39 is 17.7 Å². The highest BCUT2D eigenvalue weighted by Crippen LogP contribution is 2.45. The van der Waals surface area contributed by atoms with Crippen LogP contribution in [0.2, 0.25) is 0 Å². The number of anilines is 1. The monoisotopic (exact) mass is 647 g/mol. The number of aromatic nitrogens is 2. The largest absolute Gasteiger partial charge is 0.507 e. The van der Waals surface area contributed by atoms with Crippen molar-refractivity contribution in [3.8, 4) is 11.5 Å². The Bertz CT molecular complexity index is 1940. The fourth-order valence-electron chi connectivity index (χ4n) is 5.66. The lowest BCUT2D eigenvalue weighted by atomic mass is 9.94. The summed E-state index contributed by atoms with van der Waals surface area (Å²) in [5.74, 6) is 0.157. The molecule has 1 N–H and O–H groups in total. The van der Waals surface area contributed by atoms with Gasteiger partial charge in [0.05, 0.1) is 11.6 Å². The van der Waals surface area contributed by atoms with Gasteiger partial charge in [0.1, 0.15) is 30.0 Å². The molecule has 2 aliphatic rings.